The molecule has 3 heterocycles. The van der Waals surface area contributed by atoms with Gasteiger partial charge in [-0.25, -0.2) is 13.2 Å². The molecule has 2 saturated heterocycles. The number of nitrogens with one attached hydrogen (secondary N) is 1. The second-order valence-electron chi connectivity index (χ2n) is 10.3. The molecule has 1 unspecified atom stereocenters. The number of amides is 2. The van der Waals surface area contributed by atoms with E-state index in [0.717, 1.165) is 17.1 Å². The molecule has 1 atom stereocenters. The predicted molar refractivity (Wildman–Crippen MR) is 155 cm³/mol. The molecular formula is C28H34N6O4S2. The number of hydrogen-bond donors (Lipinski definition) is 2. The summed E-state index contributed by atoms with van der Waals surface area (Å²) in [7, 11) is -3.54. The van der Waals surface area contributed by atoms with Gasteiger partial charge in [-0.1, -0.05) is 42.5 Å². The number of hydrogen-bond acceptors (Lipinski definition) is 7. The van der Waals surface area contributed by atoms with Crippen molar-refractivity contribution < 1.29 is 17.9 Å². The lowest BCUT2D eigenvalue weighted by molar-refractivity contribution is 0.0661. The molecule has 1 aromatic heterocycles. The van der Waals surface area contributed by atoms with Gasteiger partial charge in [0.15, 0.2) is 0 Å². The maximum Gasteiger partial charge on any atom is 0.324 e. The molecule has 40 heavy (non-hydrogen) atoms. The van der Waals surface area contributed by atoms with E-state index < -0.39 is 10.0 Å². The summed E-state index contributed by atoms with van der Waals surface area (Å²) in [5.74, 6) is 0.213. The van der Waals surface area contributed by atoms with Crippen LogP contribution in [0.5, 0.6) is 0 Å². The highest BCUT2D eigenvalue weighted by molar-refractivity contribution is 7.89. The summed E-state index contributed by atoms with van der Waals surface area (Å²) in [5.41, 5.74) is 8.07. The predicted octanol–water partition coefficient (Wildman–Crippen LogP) is 3.60. The number of rotatable bonds is 10. The summed E-state index contributed by atoms with van der Waals surface area (Å²) in [6.45, 7) is 3.43. The maximum absolute atomic E-state index is 13.7. The van der Waals surface area contributed by atoms with Crippen LogP contribution in [0.1, 0.15) is 24.0 Å². The molecule has 12 heteroatoms. The molecule has 10 nitrogen and oxygen atoms in total. The molecule has 2 aliphatic heterocycles. The van der Waals surface area contributed by atoms with Crippen LogP contribution in [0.2, 0.25) is 0 Å². The van der Waals surface area contributed by atoms with Crippen LogP contribution < -0.4 is 10.6 Å². The lowest BCUT2D eigenvalue weighted by atomic mass is 9.96. The van der Waals surface area contributed by atoms with Crippen molar-refractivity contribution in [3.8, 4) is 0 Å². The number of amidine groups is 1. The first-order valence-electron chi connectivity index (χ1n) is 13.3. The van der Waals surface area contributed by atoms with Gasteiger partial charge >= 0.3 is 6.03 Å². The Labute approximate surface area is 239 Å². The SMILES string of the molecule is N=C(N)c1cccc(N2CC(COCc3ccccc3)CN(CC3CCN(S(=O)(=O)c4cnsc4)CC3)C2=O)c1. The number of ether oxygens (including phenoxy) is 1. The Morgan fingerprint density at radius 2 is 1.85 bits per heavy atom. The van der Waals surface area contributed by atoms with Crippen LogP contribution in [0, 0.1) is 17.2 Å². The van der Waals surface area contributed by atoms with Crippen LogP contribution >= 0.6 is 11.5 Å². The van der Waals surface area contributed by atoms with Crippen LogP contribution in [0.3, 0.4) is 0 Å². The highest BCUT2D eigenvalue weighted by Crippen LogP contribution is 2.29. The zero-order valence-corrected chi connectivity index (χ0v) is 23.8. The minimum Gasteiger partial charge on any atom is -0.384 e. The summed E-state index contributed by atoms with van der Waals surface area (Å²) >= 11 is 1.13. The van der Waals surface area contributed by atoms with Crippen LogP contribution in [0.4, 0.5) is 10.5 Å². The fraction of sp³-hybridized carbons (Fsp3) is 0.393. The van der Waals surface area contributed by atoms with E-state index in [4.69, 9.17) is 15.9 Å². The van der Waals surface area contributed by atoms with Gasteiger partial charge in [0.05, 0.1) is 19.4 Å². The molecule has 0 bridgehead atoms. The summed E-state index contributed by atoms with van der Waals surface area (Å²) in [5, 5.41) is 9.38. The first kappa shape index (κ1) is 28.2. The summed E-state index contributed by atoms with van der Waals surface area (Å²) < 4.78 is 37.3. The van der Waals surface area contributed by atoms with E-state index in [0.29, 0.717) is 70.0 Å². The number of carbonyl (C=O) groups is 1. The van der Waals surface area contributed by atoms with Crippen molar-refractivity contribution in [3.05, 3.63) is 77.3 Å². The van der Waals surface area contributed by atoms with Crippen LogP contribution in [0.25, 0.3) is 0 Å². The van der Waals surface area contributed by atoms with Crippen LogP contribution in [-0.2, 0) is 21.4 Å². The van der Waals surface area contributed by atoms with Crippen LogP contribution in [-0.4, -0.2) is 73.2 Å². The van der Waals surface area contributed by atoms with E-state index in [9.17, 15) is 13.2 Å². The van der Waals surface area contributed by atoms with E-state index >= 15 is 0 Å². The van der Waals surface area contributed by atoms with Crippen molar-refractivity contribution in [1.29, 1.82) is 5.41 Å². The molecule has 0 saturated carbocycles. The van der Waals surface area contributed by atoms with Gasteiger partial charge in [0.25, 0.3) is 0 Å². The van der Waals surface area contributed by atoms with Crippen molar-refractivity contribution in [2.75, 3.05) is 44.2 Å². The largest absolute Gasteiger partial charge is 0.384 e. The number of piperidine rings is 1. The van der Waals surface area contributed by atoms with Crippen molar-refractivity contribution in [2.24, 2.45) is 17.6 Å². The number of nitrogens with two attached hydrogens (primary N) is 1. The maximum atomic E-state index is 13.7. The van der Waals surface area contributed by atoms with Gasteiger partial charge < -0.3 is 15.4 Å². The third-order valence-electron chi connectivity index (χ3n) is 7.45. The van der Waals surface area contributed by atoms with Crippen LogP contribution in [0.15, 0.2) is 71.1 Å². The number of aromatic nitrogens is 1. The Kier molecular flexibility index (Phi) is 8.79. The molecule has 3 N–H and O–H groups in total. The average Bonchev–Trinajstić information content (AvgIpc) is 3.52. The number of nitrogens with zero attached hydrogens (tertiary/aromatic N) is 4. The summed E-state index contributed by atoms with van der Waals surface area (Å²) in [4.78, 5) is 17.6. The zero-order valence-electron chi connectivity index (χ0n) is 22.2. The monoisotopic (exact) mass is 582 g/mol. The molecule has 2 aliphatic rings. The molecule has 3 aromatic rings. The molecule has 2 amide bonds. The topological polar surface area (TPSA) is 133 Å². The highest BCUT2D eigenvalue weighted by atomic mass is 32.2. The first-order valence-corrected chi connectivity index (χ1v) is 15.6. The standard InChI is InChI=1S/C28H34N6O4S2/c29-27(30)24-7-4-8-25(13-24)34-17-23(19-38-18-22-5-2-1-3-6-22)16-32(28(34)35)15-21-9-11-33(12-10-21)40(36,37)26-14-31-39-20-26/h1-8,13-14,20-21,23H,9-12,15-19H2,(H3,29,30). The van der Waals surface area contributed by atoms with Gasteiger partial charge in [-0.15, -0.1) is 0 Å². The fourth-order valence-corrected chi connectivity index (χ4v) is 7.56. The molecular weight excluding hydrogens is 548 g/mol. The van der Waals surface area contributed by atoms with Crippen molar-refractivity contribution in [3.63, 3.8) is 0 Å². The minimum absolute atomic E-state index is 0.0501. The number of sulfonamides is 1. The Balaban J connectivity index is 1.27. The van der Waals surface area contributed by atoms with E-state index in [2.05, 4.69) is 4.37 Å². The lowest BCUT2D eigenvalue weighted by Gasteiger charge is -2.42. The van der Waals surface area contributed by atoms with Gasteiger partial charge in [0.2, 0.25) is 10.0 Å². The number of urea groups is 1. The van der Waals surface area contributed by atoms with Gasteiger partial charge in [0, 0.05) is 55.3 Å². The van der Waals surface area contributed by atoms with Crippen molar-refractivity contribution in [1.82, 2.24) is 13.6 Å². The number of anilines is 1. The number of carbonyl (C=O) groups excluding carboxylic acids is 1. The van der Waals surface area contributed by atoms with Gasteiger partial charge in [0.1, 0.15) is 10.7 Å². The summed E-state index contributed by atoms with van der Waals surface area (Å²) in [6, 6.07) is 17.1. The quantitative estimate of drug-likeness (QED) is 0.277. The number of benzene rings is 2. The normalized spacial score (nSPS) is 19.2. The first-order chi connectivity index (χ1) is 19.3. The highest BCUT2D eigenvalue weighted by Gasteiger charge is 2.36. The van der Waals surface area contributed by atoms with E-state index in [1.165, 1.54) is 10.5 Å². The molecule has 212 valence electrons. The molecule has 2 aromatic carbocycles. The third kappa shape index (κ3) is 6.52. The molecule has 5 rings (SSSR count). The molecule has 0 spiro atoms. The second kappa shape index (κ2) is 12.5. The molecule has 2 fully saturated rings. The van der Waals surface area contributed by atoms with E-state index in [-0.39, 0.29) is 28.6 Å². The molecule has 0 aliphatic carbocycles. The Hall–Kier alpha value is -3.32. The van der Waals surface area contributed by atoms with E-state index in [1.54, 1.807) is 28.5 Å². The smallest absolute Gasteiger partial charge is 0.324 e. The Morgan fingerprint density at radius 3 is 2.55 bits per heavy atom. The molecule has 0 radical (unpaired) electrons. The van der Waals surface area contributed by atoms with Gasteiger partial charge in [-0.05, 0) is 48.0 Å². The Bertz CT molecular complexity index is 1410. The van der Waals surface area contributed by atoms with Crippen molar-refractivity contribution in [2.45, 2.75) is 24.3 Å². The minimum atomic E-state index is -3.54. The van der Waals surface area contributed by atoms with E-state index in [1.807, 2.05) is 41.3 Å². The van der Waals surface area contributed by atoms with Gasteiger partial charge in [-0.2, -0.15) is 8.68 Å². The fourth-order valence-electron chi connectivity index (χ4n) is 5.30. The number of nitrogen functional groups attached to an aromatic ring is 1. The van der Waals surface area contributed by atoms with Gasteiger partial charge in [-0.3, -0.25) is 10.3 Å². The average molecular weight is 583 g/mol. The third-order valence-corrected chi connectivity index (χ3v) is 10.1. The lowest BCUT2D eigenvalue weighted by Crippen LogP contribution is -2.56. The Morgan fingerprint density at radius 1 is 1.07 bits per heavy atom. The summed E-state index contributed by atoms with van der Waals surface area (Å²) in [6.07, 6.45) is 2.75. The second-order valence-corrected chi connectivity index (χ2v) is 12.9. The zero-order chi connectivity index (χ0) is 28.1. The van der Waals surface area contributed by atoms with Crippen molar-refractivity contribution >= 4 is 39.1 Å².